The predicted octanol–water partition coefficient (Wildman–Crippen LogP) is 2.80. The van der Waals surface area contributed by atoms with Gasteiger partial charge in [0.2, 0.25) is 5.91 Å². The molecule has 3 nitrogen and oxygen atoms in total. The van der Waals surface area contributed by atoms with Crippen LogP contribution in [0.3, 0.4) is 0 Å². The van der Waals surface area contributed by atoms with Crippen molar-refractivity contribution in [3.8, 4) is 0 Å². The van der Waals surface area contributed by atoms with Crippen LogP contribution >= 0.6 is 0 Å². The molecule has 3 heteroatoms. The van der Waals surface area contributed by atoms with Gasteiger partial charge in [0, 0.05) is 26.1 Å². The molecule has 1 heterocycles. The van der Waals surface area contributed by atoms with Crippen molar-refractivity contribution in [3.63, 3.8) is 0 Å². The van der Waals surface area contributed by atoms with E-state index in [4.69, 9.17) is 0 Å². The molecule has 0 aromatic heterocycles. The molecule has 1 atom stereocenters. The largest absolute Gasteiger partial charge is 0.345 e. The Morgan fingerprint density at radius 2 is 1.76 bits per heavy atom. The molecule has 1 unspecified atom stereocenters. The molecule has 0 aromatic carbocycles. The summed E-state index contributed by atoms with van der Waals surface area (Å²) in [5.74, 6) is 3.31. The monoisotopic (exact) mass is 290 g/mol. The molecule has 118 valence electrons. The fourth-order valence-electron chi connectivity index (χ4n) is 6.37. The van der Waals surface area contributed by atoms with Gasteiger partial charge in [-0.15, -0.1) is 0 Å². The van der Waals surface area contributed by atoms with Crippen LogP contribution in [0, 0.1) is 23.2 Å². The Bertz CT molecular complexity index is 378. The molecule has 0 radical (unpaired) electrons. The van der Waals surface area contributed by atoms with E-state index < -0.39 is 0 Å². The van der Waals surface area contributed by atoms with E-state index in [-0.39, 0.29) is 0 Å². The molecule has 0 spiro atoms. The maximum absolute atomic E-state index is 12.5. The number of rotatable bonds is 4. The second-order valence-corrected chi connectivity index (χ2v) is 8.66. The number of carbonyl (C=O) groups is 1. The zero-order chi connectivity index (χ0) is 14.4. The van der Waals surface area contributed by atoms with Gasteiger partial charge in [-0.2, -0.15) is 0 Å². The topological polar surface area (TPSA) is 32.3 Å². The predicted molar refractivity (Wildman–Crippen MR) is 83.9 cm³/mol. The van der Waals surface area contributed by atoms with E-state index in [1.165, 1.54) is 51.4 Å². The van der Waals surface area contributed by atoms with E-state index in [1.807, 2.05) is 0 Å². The lowest BCUT2D eigenvalue weighted by molar-refractivity contribution is -0.135. The molecule has 4 bridgehead atoms. The molecule has 5 rings (SSSR count). The summed E-state index contributed by atoms with van der Waals surface area (Å²) in [6, 6.07) is 0.441. The van der Waals surface area contributed by atoms with Crippen molar-refractivity contribution in [2.75, 3.05) is 20.1 Å². The lowest BCUT2D eigenvalue weighted by Crippen LogP contribution is -2.51. The Kier molecular flexibility index (Phi) is 3.52. The third kappa shape index (κ3) is 2.74. The summed E-state index contributed by atoms with van der Waals surface area (Å²) in [6.45, 7) is 2.12. The van der Waals surface area contributed by atoms with Gasteiger partial charge in [0.1, 0.15) is 0 Å². The highest BCUT2D eigenvalue weighted by molar-refractivity contribution is 5.76. The number of hydrogen-bond acceptors (Lipinski definition) is 2. The number of nitrogens with zero attached hydrogens (tertiary/aromatic N) is 1. The van der Waals surface area contributed by atoms with Gasteiger partial charge in [-0.25, -0.2) is 0 Å². The number of nitrogens with one attached hydrogen (secondary N) is 1. The Balaban J connectivity index is 1.37. The summed E-state index contributed by atoms with van der Waals surface area (Å²) in [6.07, 6.45) is 11.8. The summed E-state index contributed by atoms with van der Waals surface area (Å²) >= 11 is 0. The highest BCUT2D eigenvalue weighted by atomic mass is 16.2. The first kappa shape index (κ1) is 14.0. The zero-order valence-electron chi connectivity index (χ0n) is 13.4. The van der Waals surface area contributed by atoms with E-state index in [0.29, 0.717) is 23.8 Å². The summed E-state index contributed by atoms with van der Waals surface area (Å²) in [4.78, 5) is 14.6. The first-order chi connectivity index (χ1) is 10.1. The van der Waals surface area contributed by atoms with Crippen LogP contribution in [0.4, 0.5) is 0 Å². The summed E-state index contributed by atoms with van der Waals surface area (Å²) in [7, 11) is 2.05. The Labute approximate surface area is 128 Å². The van der Waals surface area contributed by atoms with Gasteiger partial charge < -0.3 is 10.2 Å². The number of carbonyl (C=O) groups excluding carboxylic acids is 1. The smallest absolute Gasteiger partial charge is 0.223 e. The highest BCUT2D eigenvalue weighted by Crippen LogP contribution is 2.60. The van der Waals surface area contributed by atoms with Gasteiger partial charge >= 0.3 is 0 Å². The van der Waals surface area contributed by atoms with Crippen molar-refractivity contribution < 1.29 is 4.79 Å². The van der Waals surface area contributed by atoms with E-state index in [1.54, 1.807) is 0 Å². The van der Waals surface area contributed by atoms with Gasteiger partial charge in [-0.1, -0.05) is 0 Å². The van der Waals surface area contributed by atoms with Crippen molar-refractivity contribution in [1.29, 1.82) is 0 Å². The van der Waals surface area contributed by atoms with Gasteiger partial charge in [-0.05, 0) is 81.1 Å². The van der Waals surface area contributed by atoms with E-state index in [0.717, 1.165) is 30.8 Å². The van der Waals surface area contributed by atoms with Crippen LogP contribution in [0.15, 0.2) is 0 Å². The van der Waals surface area contributed by atoms with Crippen molar-refractivity contribution in [2.24, 2.45) is 23.2 Å². The first-order valence-electron chi connectivity index (χ1n) is 9.09. The number of amides is 1. The average Bonchev–Trinajstić information content (AvgIpc) is 2.89. The minimum Gasteiger partial charge on any atom is -0.345 e. The molecule has 21 heavy (non-hydrogen) atoms. The normalized spacial score (nSPS) is 44.2. The van der Waals surface area contributed by atoms with Gasteiger partial charge in [-0.3, -0.25) is 4.79 Å². The second-order valence-electron chi connectivity index (χ2n) is 8.66. The Hall–Kier alpha value is -0.570. The van der Waals surface area contributed by atoms with Crippen LogP contribution < -0.4 is 5.32 Å². The molecule has 0 aromatic rings. The lowest BCUT2D eigenvalue weighted by Gasteiger charge is -2.57. The van der Waals surface area contributed by atoms with Crippen LogP contribution in [0.2, 0.25) is 0 Å². The minimum atomic E-state index is 0.366. The second kappa shape index (κ2) is 5.26. The summed E-state index contributed by atoms with van der Waals surface area (Å²) in [5.41, 5.74) is 0.488. The van der Waals surface area contributed by atoms with E-state index in [2.05, 4.69) is 17.3 Å². The minimum absolute atomic E-state index is 0.366. The van der Waals surface area contributed by atoms with Gasteiger partial charge in [0.25, 0.3) is 0 Å². The maximum atomic E-state index is 12.5. The van der Waals surface area contributed by atoms with Gasteiger partial charge in [0.15, 0.2) is 0 Å². The Morgan fingerprint density at radius 1 is 1.14 bits per heavy atom. The SMILES string of the molecule is CN(CC12CC3CC(CC(C3)C1)C2)C(=O)CC1CCCN1. The van der Waals surface area contributed by atoms with E-state index >= 15 is 0 Å². The fraction of sp³-hybridized carbons (Fsp3) is 0.944. The fourth-order valence-corrected chi connectivity index (χ4v) is 6.37. The molecule has 5 fully saturated rings. The van der Waals surface area contributed by atoms with Crippen molar-refractivity contribution in [2.45, 2.75) is 63.8 Å². The third-order valence-corrected chi connectivity index (χ3v) is 6.75. The van der Waals surface area contributed by atoms with Crippen LogP contribution in [0.25, 0.3) is 0 Å². The highest BCUT2D eigenvalue weighted by Gasteiger charge is 2.51. The number of hydrogen-bond donors (Lipinski definition) is 1. The zero-order valence-corrected chi connectivity index (χ0v) is 13.4. The van der Waals surface area contributed by atoms with Gasteiger partial charge in [0.05, 0.1) is 0 Å². The molecular weight excluding hydrogens is 260 g/mol. The first-order valence-corrected chi connectivity index (χ1v) is 9.09. The average molecular weight is 290 g/mol. The van der Waals surface area contributed by atoms with Crippen LogP contribution in [-0.4, -0.2) is 37.0 Å². The Morgan fingerprint density at radius 3 is 2.29 bits per heavy atom. The quantitative estimate of drug-likeness (QED) is 0.863. The molecule has 5 aliphatic rings. The van der Waals surface area contributed by atoms with Crippen LogP contribution in [-0.2, 0) is 4.79 Å². The molecule has 4 saturated carbocycles. The standard InChI is InChI=1S/C18H30N2O/c1-20(17(21)8-16-3-2-4-19-16)12-18-9-13-5-14(10-18)7-15(6-13)11-18/h13-16,19H,2-12H2,1H3. The molecule has 4 aliphatic carbocycles. The maximum Gasteiger partial charge on any atom is 0.223 e. The van der Waals surface area contributed by atoms with Crippen LogP contribution in [0.1, 0.15) is 57.8 Å². The lowest BCUT2D eigenvalue weighted by atomic mass is 9.49. The third-order valence-electron chi connectivity index (χ3n) is 6.75. The van der Waals surface area contributed by atoms with Crippen molar-refractivity contribution >= 4 is 5.91 Å². The molecule has 1 saturated heterocycles. The van der Waals surface area contributed by atoms with Crippen molar-refractivity contribution in [3.05, 3.63) is 0 Å². The summed E-state index contributed by atoms with van der Waals surface area (Å²) in [5, 5.41) is 3.45. The molecule has 1 N–H and O–H groups in total. The van der Waals surface area contributed by atoms with E-state index in [9.17, 15) is 4.79 Å². The molecule has 1 aliphatic heterocycles. The molecular formula is C18H30N2O. The summed E-state index contributed by atoms with van der Waals surface area (Å²) < 4.78 is 0. The van der Waals surface area contributed by atoms with Crippen molar-refractivity contribution in [1.82, 2.24) is 10.2 Å². The van der Waals surface area contributed by atoms with Crippen LogP contribution in [0.5, 0.6) is 0 Å². The molecule has 1 amide bonds.